The van der Waals surface area contributed by atoms with Gasteiger partial charge in [0, 0.05) is 24.2 Å². The van der Waals surface area contributed by atoms with Crippen molar-refractivity contribution >= 4 is 10.9 Å². The maximum absolute atomic E-state index is 13.0. The third kappa shape index (κ3) is 5.99. The fraction of sp³-hybridized carbons (Fsp3) is 0.429. The van der Waals surface area contributed by atoms with Crippen LogP contribution in [0.3, 0.4) is 0 Å². The van der Waals surface area contributed by atoms with Crippen LogP contribution >= 0.6 is 0 Å². The summed E-state index contributed by atoms with van der Waals surface area (Å²) in [6.07, 6.45) is 1.64. The molecule has 9 heteroatoms. The molecule has 0 aliphatic heterocycles. The number of ether oxygens (including phenoxy) is 2. The smallest absolute Gasteiger partial charge is 0.252 e. The molecule has 2 heterocycles. The second-order valence-corrected chi connectivity index (χ2v) is 10.0. The van der Waals surface area contributed by atoms with Crippen molar-refractivity contribution in [3.8, 4) is 11.5 Å². The molecule has 2 aromatic heterocycles. The van der Waals surface area contributed by atoms with Gasteiger partial charge in [-0.15, -0.1) is 5.10 Å². The minimum absolute atomic E-state index is 0.0825. The Kier molecular flexibility index (Phi) is 7.92. The highest BCUT2D eigenvalue weighted by Gasteiger charge is 2.25. The minimum Gasteiger partial charge on any atom is -0.493 e. The molecule has 0 unspecified atom stereocenters. The topological polar surface area (TPSA) is 98.2 Å². The Labute approximate surface area is 217 Å². The number of benzene rings is 2. The molecule has 0 saturated carbocycles. The van der Waals surface area contributed by atoms with Gasteiger partial charge in [0.25, 0.3) is 5.56 Å². The van der Waals surface area contributed by atoms with Crippen LogP contribution in [0.2, 0.25) is 0 Å². The van der Waals surface area contributed by atoms with Gasteiger partial charge in [-0.25, -0.2) is 4.68 Å². The molecule has 0 saturated heterocycles. The van der Waals surface area contributed by atoms with Crippen molar-refractivity contribution in [1.82, 2.24) is 30.1 Å². The summed E-state index contributed by atoms with van der Waals surface area (Å²) in [6.45, 7) is 10.1. The predicted molar refractivity (Wildman–Crippen MR) is 144 cm³/mol. The maximum Gasteiger partial charge on any atom is 0.252 e. The number of hydrogen-bond donors (Lipinski definition) is 1. The summed E-state index contributed by atoms with van der Waals surface area (Å²) in [7, 11) is 3.26. The highest BCUT2D eigenvalue weighted by Crippen LogP contribution is 2.28. The molecule has 0 aliphatic rings. The van der Waals surface area contributed by atoms with Crippen molar-refractivity contribution in [1.29, 1.82) is 0 Å². The fourth-order valence-corrected chi connectivity index (χ4v) is 4.39. The van der Waals surface area contributed by atoms with Crippen molar-refractivity contribution in [3.63, 3.8) is 0 Å². The first-order chi connectivity index (χ1) is 17.7. The van der Waals surface area contributed by atoms with E-state index < -0.39 is 0 Å². The van der Waals surface area contributed by atoms with Gasteiger partial charge < -0.3 is 14.5 Å². The van der Waals surface area contributed by atoms with Crippen LogP contribution in [0.25, 0.3) is 10.9 Å². The van der Waals surface area contributed by atoms with Crippen LogP contribution in [0.4, 0.5) is 0 Å². The first-order valence-electron chi connectivity index (χ1n) is 12.6. The summed E-state index contributed by atoms with van der Waals surface area (Å²) in [4.78, 5) is 18.3. The molecule has 37 heavy (non-hydrogen) atoms. The number of nitrogens with one attached hydrogen (secondary N) is 1. The van der Waals surface area contributed by atoms with Crippen LogP contribution in [0, 0.1) is 6.92 Å². The molecule has 4 aromatic rings. The van der Waals surface area contributed by atoms with Gasteiger partial charge in [0.2, 0.25) is 0 Å². The van der Waals surface area contributed by atoms with E-state index in [2.05, 4.69) is 59.2 Å². The third-order valence-electron chi connectivity index (χ3n) is 6.97. The second kappa shape index (κ2) is 11.1. The molecule has 0 bridgehead atoms. The summed E-state index contributed by atoms with van der Waals surface area (Å²) in [5.41, 5.74) is 3.51. The number of hydrogen-bond acceptors (Lipinski definition) is 7. The lowest BCUT2D eigenvalue weighted by molar-refractivity contribution is 0.225. The van der Waals surface area contributed by atoms with Gasteiger partial charge in [-0.2, -0.15) is 0 Å². The molecule has 1 N–H and O–H groups in total. The summed E-state index contributed by atoms with van der Waals surface area (Å²) in [5.74, 6) is 2.16. The lowest BCUT2D eigenvalue weighted by Crippen LogP contribution is -2.33. The highest BCUT2D eigenvalue weighted by molar-refractivity contribution is 5.79. The predicted octanol–water partition coefficient (Wildman–Crippen LogP) is 4.23. The van der Waals surface area contributed by atoms with Crippen molar-refractivity contribution in [2.45, 2.75) is 59.2 Å². The van der Waals surface area contributed by atoms with Gasteiger partial charge >= 0.3 is 0 Å². The Balaban J connectivity index is 1.64. The molecule has 0 amide bonds. The van der Waals surface area contributed by atoms with Gasteiger partial charge in [0.15, 0.2) is 17.3 Å². The van der Waals surface area contributed by atoms with Crippen LogP contribution in [0.15, 0.2) is 47.3 Å². The Morgan fingerprint density at radius 2 is 1.81 bits per heavy atom. The van der Waals surface area contributed by atoms with Crippen LogP contribution in [-0.4, -0.2) is 50.9 Å². The van der Waals surface area contributed by atoms with Crippen LogP contribution < -0.4 is 15.0 Å². The molecule has 0 atom stereocenters. The number of aryl methyl sites for hydroxylation is 1. The maximum atomic E-state index is 13.0. The molecular formula is C28H36N6O3. The van der Waals surface area contributed by atoms with Gasteiger partial charge in [-0.3, -0.25) is 9.69 Å². The minimum atomic E-state index is -0.216. The van der Waals surface area contributed by atoms with Crippen molar-refractivity contribution in [2.75, 3.05) is 20.8 Å². The van der Waals surface area contributed by atoms with E-state index in [1.165, 1.54) is 0 Å². The number of pyridine rings is 1. The lowest BCUT2D eigenvalue weighted by atomic mass is 10.0. The Bertz CT molecular complexity index is 1430. The lowest BCUT2D eigenvalue weighted by Gasteiger charge is -2.27. The van der Waals surface area contributed by atoms with E-state index in [0.717, 1.165) is 40.7 Å². The molecule has 0 radical (unpaired) electrons. The zero-order valence-corrected chi connectivity index (χ0v) is 22.5. The van der Waals surface area contributed by atoms with Crippen LogP contribution in [0.5, 0.6) is 11.5 Å². The largest absolute Gasteiger partial charge is 0.493 e. The summed E-state index contributed by atoms with van der Waals surface area (Å²) in [5, 5.41) is 13.6. The molecule has 4 rings (SSSR count). The van der Waals surface area contributed by atoms with E-state index >= 15 is 0 Å². The van der Waals surface area contributed by atoms with E-state index in [0.29, 0.717) is 36.7 Å². The highest BCUT2D eigenvalue weighted by atomic mass is 16.5. The molecule has 9 nitrogen and oxygen atoms in total. The number of methoxy groups -OCH3 is 2. The molecule has 0 aliphatic carbocycles. The first kappa shape index (κ1) is 26.3. The number of fused-ring (bicyclic) bond motifs is 1. The Hall–Kier alpha value is -3.72. The van der Waals surface area contributed by atoms with Crippen molar-refractivity contribution in [3.05, 3.63) is 75.3 Å². The average Bonchev–Trinajstić information content (AvgIpc) is 3.36. The normalized spacial score (nSPS) is 11.9. The van der Waals surface area contributed by atoms with Crippen LogP contribution in [-0.2, 0) is 25.0 Å². The van der Waals surface area contributed by atoms with E-state index in [-0.39, 0.29) is 11.1 Å². The van der Waals surface area contributed by atoms with Crippen molar-refractivity contribution in [2.24, 2.45) is 0 Å². The van der Waals surface area contributed by atoms with Crippen molar-refractivity contribution < 1.29 is 9.47 Å². The average molecular weight is 505 g/mol. The summed E-state index contributed by atoms with van der Waals surface area (Å²) >= 11 is 0. The molecule has 0 fully saturated rings. The molecule has 0 spiro atoms. The van der Waals surface area contributed by atoms with E-state index in [4.69, 9.17) is 9.47 Å². The number of aromatic nitrogens is 5. The number of rotatable bonds is 11. The van der Waals surface area contributed by atoms with Crippen LogP contribution in [0.1, 0.15) is 49.7 Å². The monoisotopic (exact) mass is 504 g/mol. The molecule has 2 aromatic carbocycles. The zero-order valence-electron chi connectivity index (χ0n) is 22.5. The van der Waals surface area contributed by atoms with Gasteiger partial charge in [-0.1, -0.05) is 24.6 Å². The zero-order chi connectivity index (χ0) is 26.6. The Morgan fingerprint density at radius 3 is 2.54 bits per heavy atom. The SMILES string of the molecule is CCC(C)(C)n1nnnc1CN(CCc1ccc(OC)c(OC)c1)Cc1cc2cc(C)ccc2[nH]c1=O. The number of tetrazole rings is 1. The van der Waals surface area contributed by atoms with E-state index in [1.54, 1.807) is 14.2 Å². The van der Waals surface area contributed by atoms with E-state index in [1.807, 2.05) is 41.1 Å². The van der Waals surface area contributed by atoms with Gasteiger partial charge in [0.1, 0.15) is 0 Å². The van der Waals surface area contributed by atoms with E-state index in [9.17, 15) is 4.79 Å². The quantitative estimate of drug-likeness (QED) is 0.326. The summed E-state index contributed by atoms with van der Waals surface area (Å²) in [6, 6.07) is 14.0. The number of aromatic amines is 1. The summed E-state index contributed by atoms with van der Waals surface area (Å²) < 4.78 is 12.8. The standard InChI is InChI=1S/C28H36N6O3/c1-7-28(3,4)34-26(30-31-32-34)18-33(13-12-20-9-11-24(36-5)25(15-20)37-6)17-22-16-21-14-19(2)8-10-23(21)29-27(22)35/h8-11,14-16H,7,12-13,17-18H2,1-6H3,(H,29,35). The molecular weight excluding hydrogens is 468 g/mol. The third-order valence-corrected chi connectivity index (χ3v) is 6.97. The second-order valence-electron chi connectivity index (χ2n) is 10.0. The molecule has 196 valence electrons. The fourth-order valence-electron chi connectivity index (χ4n) is 4.39. The van der Waals surface area contributed by atoms with Gasteiger partial charge in [0.05, 0.1) is 26.3 Å². The first-order valence-corrected chi connectivity index (χ1v) is 12.6. The Morgan fingerprint density at radius 1 is 1.03 bits per heavy atom. The van der Waals surface area contributed by atoms with Gasteiger partial charge in [-0.05, 0) is 85.3 Å². The number of nitrogens with zero attached hydrogens (tertiary/aromatic N) is 5. The number of H-pyrrole nitrogens is 1.